The first-order chi connectivity index (χ1) is 15.2. The van der Waals surface area contributed by atoms with E-state index < -0.39 is 0 Å². The van der Waals surface area contributed by atoms with Gasteiger partial charge in [-0.05, 0) is 66.3 Å². The van der Waals surface area contributed by atoms with E-state index in [0.717, 1.165) is 22.6 Å². The van der Waals surface area contributed by atoms with Crippen molar-refractivity contribution in [2.45, 2.75) is 18.6 Å². The van der Waals surface area contributed by atoms with Gasteiger partial charge in [0.05, 0.1) is 17.8 Å². The highest BCUT2D eigenvalue weighted by molar-refractivity contribution is 7.80. The summed E-state index contributed by atoms with van der Waals surface area (Å²) in [6, 6.07) is 21.9. The number of thiocarbonyl (C=S) groups is 1. The summed E-state index contributed by atoms with van der Waals surface area (Å²) in [5.41, 5.74) is 4.15. The fraction of sp³-hybridized carbons (Fsp3) is 0.125. The molecule has 0 unspecified atom stereocenters. The minimum atomic E-state index is -0.0850. The zero-order valence-corrected chi connectivity index (χ0v) is 18.2. The van der Waals surface area contributed by atoms with Gasteiger partial charge in [-0.15, -0.1) is 0 Å². The summed E-state index contributed by atoms with van der Waals surface area (Å²) in [4.78, 5) is 11.1. The molecule has 0 aliphatic carbocycles. The Labute approximate surface area is 191 Å². The van der Waals surface area contributed by atoms with E-state index in [0.29, 0.717) is 16.7 Å². The number of nitrogens with zero attached hydrogens (tertiary/aromatic N) is 4. The Bertz CT molecular complexity index is 1190. The Morgan fingerprint density at radius 1 is 1.00 bits per heavy atom. The van der Waals surface area contributed by atoms with Gasteiger partial charge in [-0.3, -0.25) is 9.97 Å². The van der Waals surface area contributed by atoms with Crippen molar-refractivity contribution in [2.75, 3.05) is 0 Å². The molecule has 1 N–H and O–H groups in total. The Morgan fingerprint density at radius 3 is 2.71 bits per heavy atom. The molecule has 0 bridgehead atoms. The van der Waals surface area contributed by atoms with Crippen LogP contribution in [0.4, 0.5) is 0 Å². The lowest BCUT2D eigenvalue weighted by Crippen LogP contribution is -2.30. The van der Waals surface area contributed by atoms with Crippen LogP contribution in [0.25, 0.3) is 5.69 Å². The van der Waals surface area contributed by atoms with Gasteiger partial charge in [0, 0.05) is 47.7 Å². The number of halogens is 1. The van der Waals surface area contributed by atoms with Crippen LogP contribution in [-0.4, -0.2) is 24.5 Å². The van der Waals surface area contributed by atoms with Gasteiger partial charge in [-0.25, -0.2) is 0 Å². The molecule has 0 saturated carbocycles. The van der Waals surface area contributed by atoms with Gasteiger partial charge in [-0.1, -0.05) is 29.8 Å². The lowest BCUT2D eigenvalue weighted by atomic mass is 10.0. The molecule has 4 aromatic rings. The van der Waals surface area contributed by atoms with E-state index in [2.05, 4.69) is 55.2 Å². The molecule has 154 valence electrons. The van der Waals surface area contributed by atoms with Gasteiger partial charge in [-0.2, -0.15) is 0 Å². The van der Waals surface area contributed by atoms with Crippen LogP contribution in [0.1, 0.15) is 29.0 Å². The lowest BCUT2D eigenvalue weighted by molar-refractivity contribution is 0.302. The second-order valence-corrected chi connectivity index (χ2v) is 8.22. The number of pyridine rings is 2. The van der Waals surface area contributed by atoms with Crippen LogP contribution in [0.3, 0.4) is 0 Å². The van der Waals surface area contributed by atoms with Crippen molar-refractivity contribution in [1.29, 1.82) is 0 Å². The van der Waals surface area contributed by atoms with Gasteiger partial charge in [0.15, 0.2) is 5.11 Å². The second-order valence-electron chi connectivity index (χ2n) is 7.40. The molecule has 5 nitrogen and oxygen atoms in total. The average Bonchev–Trinajstić information content (AvgIpc) is 3.40. The highest BCUT2D eigenvalue weighted by Crippen LogP contribution is 2.40. The van der Waals surface area contributed by atoms with E-state index in [-0.39, 0.29) is 12.1 Å². The van der Waals surface area contributed by atoms with Crippen LogP contribution in [0, 0.1) is 0 Å². The topological polar surface area (TPSA) is 46.0 Å². The zero-order chi connectivity index (χ0) is 21.2. The van der Waals surface area contributed by atoms with E-state index in [4.69, 9.17) is 23.8 Å². The first-order valence-electron chi connectivity index (χ1n) is 10.0. The minimum absolute atomic E-state index is 0.0587. The van der Waals surface area contributed by atoms with Crippen molar-refractivity contribution < 1.29 is 0 Å². The normalized spacial score (nSPS) is 18.2. The van der Waals surface area contributed by atoms with E-state index >= 15 is 0 Å². The maximum atomic E-state index is 6.28. The maximum absolute atomic E-state index is 6.28. The molecular formula is C24H20ClN5S. The van der Waals surface area contributed by atoms with Crippen molar-refractivity contribution in [3.63, 3.8) is 0 Å². The van der Waals surface area contributed by atoms with E-state index in [1.807, 2.05) is 54.9 Å². The molecule has 31 heavy (non-hydrogen) atoms. The van der Waals surface area contributed by atoms with Crippen LogP contribution in [0.15, 0.2) is 91.5 Å². The van der Waals surface area contributed by atoms with Gasteiger partial charge < -0.3 is 14.8 Å². The van der Waals surface area contributed by atoms with Crippen molar-refractivity contribution in [2.24, 2.45) is 0 Å². The van der Waals surface area contributed by atoms with Crippen molar-refractivity contribution >= 4 is 28.9 Å². The Hall–Kier alpha value is -3.22. The number of aromatic nitrogens is 3. The minimum Gasteiger partial charge on any atom is -0.352 e. The molecular weight excluding hydrogens is 426 g/mol. The van der Waals surface area contributed by atoms with E-state index in [9.17, 15) is 0 Å². The predicted molar refractivity (Wildman–Crippen MR) is 126 cm³/mol. The van der Waals surface area contributed by atoms with Crippen molar-refractivity contribution in [3.05, 3.63) is 113 Å². The predicted octanol–water partition coefficient (Wildman–Crippen LogP) is 5.09. The largest absolute Gasteiger partial charge is 0.352 e. The third-order valence-electron chi connectivity index (χ3n) is 5.44. The second kappa shape index (κ2) is 8.49. The van der Waals surface area contributed by atoms with Crippen molar-refractivity contribution in [3.8, 4) is 5.69 Å². The number of rotatable bonds is 5. The fourth-order valence-electron chi connectivity index (χ4n) is 4.08. The van der Waals surface area contributed by atoms with E-state index in [1.165, 1.54) is 0 Å². The highest BCUT2D eigenvalue weighted by atomic mass is 35.5. The molecule has 4 heterocycles. The summed E-state index contributed by atoms with van der Waals surface area (Å²) in [6.45, 7) is 0.647. The third kappa shape index (κ3) is 3.92. The average molecular weight is 446 g/mol. The first kappa shape index (κ1) is 19.7. The molecule has 0 amide bonds. The maximum Gasteiger partial charge on any atom is 0.170 e. The molecule has 0 spiro atoms. The van der Waals surface area contributed by atoms with Gasteiger partial charge in [0.2, 0.25) is 0 Å². The molecule has 0 radical (unpaired) electrons. The summed E-state index contributed by atoms with van der Waals surface area (Å²) in [6.07, 6.45) is 7.53. The summed E-state index contributed by atoms with van der Waals surface area (Å²) in [5, 5.41) is 4.90. The van der Waals surface area contributed by atoms with Gasteiger partial charge in [0.25, 0.3) is 0 Å². The lowest BCUT2D eigenvalue weighted by Gasteiger charge is -2.29. The zero-order valence-electron chi connectivity index (χ0n) is 16.6. The number of benzene rings is 1. The van der Waals surface area contributed by atoms with Crippen LogP contribution in [-0.2, 0) is 6.54 Å². The van der Waals surface area contributed by atoms with Gasteiger partial charge in [0.1, 0.15) is 0 Å². The Morgan fingerprint density at radius 2 is 1.94 bits per heavy atom. The molecule has 5 rings (SSSR count). The fourth-order valence-corrected chi connectivity index (χ4v) is 4.57. The quantitative estimate of drug-likeness (QED) is 0.433. The molecule has 1 saturated heterocycles. The van der Waals surface area contributed by atoms with Crippen LogP contribution in [0.5, 0.6) is 0 Å². The molecule has 1 aliphatic rings. The molecule has 2 atom stereocenters. The Balaban J connectivity index is 1.61. The number of hydrogen-bond acceptors (Lipinski definition) is 3. The third-order valence-corrected chi connectivity index (χ3v) is 6.03. The van der Waals surface area contributed by atoms with Crippen LogP contribution >= 0.6 is 23.8 Å². The Kier molecular flexibility index (Phi) is 5.40. The summed E-state index contributed by atoms with van der Waals surface area (Å²) < 4.78 is 2.17. The van der Waals surface area contributed by atoms with E-state index in [1.54, 1.807) is 6.20 Å². The molecule has 3 aromatic heterocycles. The summed E-state index contributed by atoms with van der Waals surface area (Å²) in [7, 11) is 0. The summed E-state index contributed by atoms with van der Waals surface area (Å²) >= 11 is 12.1. The SMILES string of the molecule is S=C1N[C@H](c2ccccn2)[C@H](c2cccn2-c2cccc(Cl)c2)N1Cc1cccnc1. The highest BCUT2D eigenvalue weighted by Gasteiger charge is 2.41. The smallest absolute Gasteiger partial charge is 0.170 e. The molecule has 1 fully saturated rings. The molecule has 7 heteroatoms. The number of nitrogens with one attached hydrogen (secondary N) is 1. The molecule has 1 aromatic carbocycles. The van der Waals surface area contributed by atoms with Crippen LogP contribution in [0.2, 0.25) is 5.02 Å². The van der Waals surface area contributed by atoms with Crippen molar-refractivity contribution in [1.82, 2.24) is 24.8 Å². The number of hydrogen-bond donors (Lipinski definition) is 1. The standard InChI is InChI=1S/C24H20ClN5S/c25-18-7-3-8-19(14-18)29-13-5-10-21(29)23-22(20-9-1-2-12-27-20)28-24(31)30(23)16-17-6-4-11-26-15-17/h1-15,22-23H,16H2,(H,28,31)/t22-,23+/m1/s1. The molecule has 1 aliphatic heterocycles. The van der Waals surface area contributed by atoms with Gasteiger partial charge >= 0.3 is 0 Å². The van der Waals surface area contributed by atoms with Crippen LogP contribution < -0.4 is 5.32 Å². The summed E-state index contributed by atoms with van der Waals surface area (Å²) in [5.74, 6) is 0. The first-order valence-corrected chi connectivity index (χ1v) is 10.8. The monoisotopic (exact) mass is 445 g/mol.